The molecular formula is C12H20N2S. The van der Waals surface area contributed by atoms with Crippen LogP contribution in [0.15, 0.2) is 6.20 Å². The van der Waals surface area contributed by atoms with E-state index in [0.29, 0.717) is 11.5 Å². The third-order valence-electron chi connectivity index (χ3n) is 3.54. The highest BCUT2D eigenvalue weighted by molar-refractivity contribution is 7.11. The van der Waals surface area contributed by atoms with Gasteiger partial charge in [-0.2, -0.15) is 0 Å². The Labute approximate surface area is 96.1 Å². The fourth-order valence-corrected chi connectivity index (χ4v) is 3.40. The number of hydrogen-bond acceptors (Lipinski definition) is 3. The van der Waals surface area contributed by atoms with Crippen molar-refractivity contribution in [3.8, 4) is 0 Å². The van der Waals surface area contributed by atoms with E-state index in [2.05, 4.69) is 31.1 Å². The molecule has 0 spiro atoms. The second-order valence-corrected chi connectivity index (χ2v) is 6.18. The second kappa shape index (κ2) is 4.22. The van der Waals surface area contributed by atoms with E-state index in [1.807, 2.05) is 17.5 Å². The van der Waals surface area contributed by atoms with Crippen molar-refractivity contribution in [1.29, 1.82) is 0 Å². The van der Waals surface area contributed by atoms with E-state index < -0.39 is 0 Å². The molecule has 2 nitrogen and oxygen atoms in total. The van der Waals surface area contributed by atoms with E-state index in [0.717, 1.165) is 6.42 Å². The lowest BCUT2D eigenvalue weighted by atomic mass is 9.82. The normalized spacial score (nSPS) is 26.4. The summed E-state index contributed by atoms with van der Waals surface area (Å²) in [6, 6.07) is 0. The summed E-state index contributed by atoms with van der Waals surface area (Å²) in [6.45, 7) is 7.91. The van der Waals surface area contributed by atoms with Crippen LogP contribution in [0.1, 0.15) is 36.6 Å². The molecule has 1 fully saturated rings. The Morgan fingerprint density at radius 1 is 1.60 bits per heavy atom. The predicted molar refractivity (Wildman–Crippen MR) is 65.4 cm³/mol. The average molecular weight is 224 g/mol. The van der Waals surface area contributed by atoms with Crippen molar-refractivity contribution in [1.82, 2.24) is 10.3 Å². The highest BCUT2D eigenvalue weighted by Crippen LogP contribution is 2.32. The molecule has 84 valence electrons. The predicted octanol–water partition coefficient (Wildman–Crippen LogP) is 2.77. The maximum absolute atomic E-state index is 4.34. The first-order valence-electron chi connectivity index (χ1n) is 5.79. The number of aromatic nitrogens is 1. The number of thiazole rings is 1. The molecule has 1 aromatic rings. The van der Waals surface area contributed by atoms with Crippen molar-refractivity contribution < 1.29 is 0 Å². The van der Waals surface area contributed by atoms with Crippen LogP contribution in [0.25, 0.3) is 0 Å². The molecule has 1 atom stereocenters. The summed E-state index contributed by atoms with van der Waals surface area (Å²) < 4.78 is 0. The standard InChI is InChI=1S/C12H20N2S/c1-9(2)12(5-4-6-14-12)7-11-8-13-10(3)15-11/h8-9,14H,4-7H2,1-3H3. The van der Waals surface area contributed by atoms with Crippen molar-refractivity contribution in [2.45, 2.75) is 45.6 Å². The highest BCUT2D eigenvalue weighted by atomic mass is 32.1. The van der Waals surface area contributed by atoms with Gasteiger partial charge in [0.05, 0.1) is 5.01 Å². The Bertz CT molecular complexity index is 324. The molecule has 0 aromatic carbocycles. The van der Waals surface area contributed by atoms with E-state index in [1.165, 1.54) is 29.3 Å². The Morgan fingerprint density at radius 2 is 2.40 bits per heavy atom. The molecule has 0 aliphatic carbocycles. The van der Waals surface area contributed by atoms with Crippen LogP contribution in [-0.2, 0) is 6.42 Å². The third kappa shape index (κ3) is 2.23. The average Bonchev–Trinajstić information content (AvgIpc) is 2.77. The number of nitrogens with zero attached hydrogens (tertiary/aromatic N) is 1. The lowest BCUT2D eigenvalue weighted by molar-refractivity contribution is 0.271. The molecule has 3 heteroatoms. The summed E-state index contributed by atoms with van der Waals surface area (Å²) in [5.41, 5.74) is 0.332. The molecule has 0 saturated carbocycles. The first kappa shape index (κ1) is 11.1. The minimum absolute atomic E-state index is 0.332. The van der Waals surface area contributed by atoms with E-state index in [-0.39, 0.29) is 0 Å². The molecule has 0 radical (unpaired) electrons. The van der Waals surface area contributed by atoms with Gasteiger partial charge < -0.3 is 5.32 Å². The Balaban J connectivity index is 2.13. The summed E-state index contributed by atoms with van der Waals surface area (Å²) in [4.78, 5) is 5.77. The van der Waals surface area contributed by atoms with Crippen LogP contribution >= 0.6 is 11.3 Å². The molecule has 1 aliphatic rings. The minimum atomic E-state index is 0.332. The zero-order valence-electron chi connectivity index (χ0n) is 9.84. The second-order valence-electron chi connectivity index (χ2n) is 4.86. The molecule has 1 aliphatic heterocycles. The molecule has 15 heavy (non-hydrogen) atoms. The summed E-state index contributed by atoms with van der Waals surface area (Å²) in [6.07, 6.45) is 5.82. The third-order valence-corrected chi connectivity index (χ3v) is 4.45. The van der Waals surface area contributed by atoms with Crippen molar-refractivity contribution in [2.24, 2.45) is 5.92 Å². The first-order valence-corrected chi connectivity index (χ1v) is 6.60. The van der Waals surface area contributed by atoms with Crippen LogP contribution < -0.4 is 5.32 Å². The summed E-state index contributed by atoms with van der Waals surface area (Å²) in [5, 5.41) is 4.89. The molecule has 1 unspecified atom stereocenters. The summed E-state index contributed by atoms with van der Waals surface area (Å²) in [5.74, 6) is 0.697. The van der Waals surface area contributed by atoms with Crippen LogP contribution in [-0.4, -0.2) is 17.1 Å². The molecule has 2 rings (SSSR count). The van der Waals surface area contributed by atoms with Crippen LogP contribution in [0.3, 0.4) is 0 Å². The molecular weight excluding hydrogens is 204 g/mol. The van der Waals surface area contributed by atoms with Crippen molar-refractivity contribution in [2.75, 3.05) is 6.54 Å². The number of nitrogens with one attached hydrogen (secondary N) is 1. The SMILES string of the molecule is Cc1ncc(CC2(C(C)C)CCCN2)s1. The fourth-order valence-electron chi connectivity index (χ4n) is 2.48. The Hall–Kier alpha value is -0.410. The quantitative estimate of drug-likeness (QED) is 0.854. The largest absolute Gasteiger partial charge is 0.311 e. The van der Waals surface area contributed by atoms with Gasteiger partial charge in [0, 0.05) is 23.0 Å². The Morgan fingerprint density at radius 3 is 2.87 bits per heavy atom. The molecule has 0 amide bonds. The van der Waals surface area contributed by atoms with E-state index in [1.54, 1.807) is 0 Å². The molecule has 0 bridgehead atoms. The van der Waals surface area contributed by atoms with E-state index in [9.17, 15) is 0 Å². The van der Waals surface area contributed by atoms with E-state index >= 15 is 0 Å². The van der Waals surface area contributed by atoms with Gasteiger partial charge in [0.15, 0.2) is 0 Å². The summed E-state index contributed by atoms with van der Waals surface area (Å²) in [7, 11) is 0. The molecule has 1 N–H and O–H groups in total. The van der Waals surface area contributed by atoms with Crippen molar-refractivity contribution in [3.05, 3.63) is 16.1 Å². The number of aryl methyl sites for hydroxylation is 1. The van der Waals surface area contributed by atoms with Gasteiger partial charge in [0.25, 0.3) is 0 Å². The number of rotatable bonds is 3. The fraction of sp³-hybridized carbons (Fsp3) is 0.750. The number of hydrogen-bond donors (Lipinski definition) is 1. The molecule has 1 saturated heterocycles. The van der Waals surface area contributed by atoms with Crippen LogP contribution in [0, 0.1) is 12.8 Å². The van der Waals surface area contributed by atoms with Gasteiger partial charge in [0.2, 0.25) is 0 Å². The zero-order valence-corrected chi connectivity index (χ0v) is 10.7. The smallest absolute Gasteiger partial charge is 0.0896 e. The van der Waals surface area contributed by atoms with Gasteiger partial charge in [-0.05, 0) is 32.2 Å². The maximum Gasteiger partial charge on any atom is 0.0896 e. The minimum Gasteiger partial charge on any atom is -0.311 e. The lowest BCUT2D eigenvalue weighted by Gasteiger charge is -2.33. The van der Waals surface area contributed by atoms with Crippen molar-refractivity contribution >= 4 is 11.3 Å². The molecule has 1 aromatic heterocycles. The monoisotopic (exact) mass is 224 g/mol. The van der Waals surface area contributed by atoms with Crippen LogP contribution in [0.4, 0.5) is 0 Å². The maximum atomic E-state index is 4.34. The summed E-state index contributed by atoms with van der Waals surface area (Å²) >= 11 is 1.84. The van der Waals surface area contributed by atoms with Gasteiger partial charge in [-0.1, -0.05) is 13.8 Å². The van der Waals surface area contributed by atoms with E-state index in [4.69, 9.17) is 0 Å². The topological polar surface area (TPSA) is 24.9 Å². The Kier molecular flexibility index (Phi) is 3.12. The first-order chi connectivity index (χ1) is 7.12. The van der Waals surface area contributed by atoms with Gasteiger partial charge in [0.1, 0.15) is 0 Å². The lowest BCUT2D eigenvalue weighted by Crippen LogP contribution is -2.46. The van der Waals surface area contributed by atoms with Crippen molar-refractivity contribution in [3.63, 3.8) is 0 Å². The zero-order chi connectivity index (χ0) is 10.9. The van der Waals surface area contributed by atoms with Gasteiger partial charge in [-0.3, -0.25) is 0 Å². The highest BCUT2D eigenvalue weighted by Gasteiger charge is 2.36. The van der Waals surface area contributed by atoms with Crippen LogP contribution in [0.5, 0.6) is 0 Å². The van der Waals surface area contributed by atoms with Crippen LogP contribution in [0.2, 0.25) is 0 Å². The molecule has 2 heterocycles. The van der Waals surface area contributed by atoms with Gasteiger partial charge in [-0.25, -0.2) is 4.98 Å². The van der Waals surface area contributed by atoms with Gasteiger partial charge >= 0.3 is 0 Å². The van der Waals surface area contributed by atoms with Gasteiger partial charge in [-0.15, -0.1) is 11.3 Å².